The molecule has 0 heterocycles. The highest BCUT2D eigenvalue weighted by Gasteiger charge is 2.28. The number of amides is 2. The molecule has 0 aliphatic rings. The number of rotatable bonds is 8. The molecule has 0 atom stereocenters. The van der Waals surface area contributed by atoms with E-state index < -0.39 is 28.7 Å². The van der Waals surface area contributed by atoms with E-state index in [4.69, 9.17) is 0 Å². The Labute approximate surface area is 178 Å². The smallest absolute Gasteiger partial charge is 0.343 e. The van der Waals surface area contributed by atoms with Gasteiger partial charge >= 0.3 is 6.18 Å². The van der Waals surface area contributed by atoms with Gasteiger partial charge in [-0.05, 0) is 48.4 Å². The average Bonchev–Trinajstić information content (AvgIpc) is 2.66. The molecule has 0 aliphatic carbocycles. The van der Waals surface area contributed by atoms with Crippen molar-refractivity contribution in [3.63, 3.8) is 0 Å². The lowest BCUT2D eigenvalue weighted by molar-refractivity contribution is -0.123. The third-order valence-electron chi connectivity index (χ3n) is 3.87. The number of hydrogen-bond donors (Lipinski definition) is 3. The molecule has 0 fully saturated rings. The second kappa shape index (κ2) is 9.82. The fourth-order valence-electron chi connectivity index (χ4n) is 2.51. The van der Waals surface area contributed by atoms with Crippen LogP contribution in [0.5, 0.6) is 0 Å². The number of nitrogens with one attached hydrogen (secondary N) is 3. The Balaban J connectivity index is 2.09. The molecule has 0 aliphatic heterocycles. The van der Waals surface area contributed by atoms with E-state index in [1.165, 1.54) is 42.5 Å². The molecule has 3 N–H and O–H groups in total. The number of carbonyl (C=O) groups excluding carboxylic acids is 2. The van der Waals surface area contributed by atoms with E-state index >= 15 is 0 Å². The fourth-order valence-corrected chi connectivity index (χ4v) is 3.61. The van der Waals surface area contributed by atoms with E-state index in [1.54, 1.807) is 5.32 Å². The van der Waals surface area contributed by atoms with Gasteiger partial charge in [0, 0.05) is 23.4 Å². The first-order valence-corrected chi connectivity index (χ1v) is 10.7. The summed E-state index contributed by atoms with van der Waals surface area (Å²) in [4.78, 5) is 23.4. The molecule has 2 amide bonds. The molecule has 0 unspecified atom stereocenters. The molecule has 2 aromatic rings. The molecule has 31 heavy (non-hydrogen) atoms. The first-order valence-electron chi connectivity index (χ1n) is 9.23. The minimum absolute atomic E-state index is 0.163. The van der Waals surface area contributed by atoms with E-state index in [0.717, 1.165) is 6.07 Å². The lowest BCUT2D eigenvalue weighted by atomic mass is 10.1. The van der Waals surface area contributed by atoms with Crippen molar-refractivity contribution in [3.05, 3.63) is 54.1 Å². The van der Waals surface area contributed by atoms with Crippen molar-refractivity contribution in [3.8, 4) is 0 Å². The normalized spacial score (nSPS) is 11.8. The third kappa shape index (κ3) is 7.93. The van der Waals surface area contributed by atoms with Crippen LogP contribution in [0, 0.1) is 5.92 Å². The van der Waals surface area contributed by atoms with Crippen molar-refractivity contribution in [1.29, 1.82) is 0 Å². The number of benzene rings is 2. The number of hydrogen-bond acceptors (Lipinski definition) is 4. The van der Waals surface area contributed by atoms with Crippen LogP contribution in [0.1, 0.15) is 30.6 Å². The quantitative estimate of drug-likeness (QED) is 0.561. The molecule has 0 radical (unpaired) electrons. The Bertz CT molecular complexity index is 1040. The van der Waals surface area contributed by atoms with Crippen LogP contribution in [0.2, 0.25) is 0 Å². The van der Waals surface area contributed by atoms with Crippen LogP contribution in [-0.2, 0) is 14.8 Å². The van der Waals surface area contributed by atoms with Crippen LogP contribution < -0.4 is 15.4 Å². The molecular weight excluding hydrogens is 435 g/mol. The zero-order chi connectivity index (χ0) is 23.2. The highest BCUT2D eigenvalue weighted by molar-refractivity contribution is 7.92. The maximum atomic E-state index is 12.6. The highest BCUT2D eigenvalue weighted by atomic mass is 32.2. The van der Waals surface area contributed by atoms with Crippen LogP contribution in [-0.4, -0.2) is 33.0 Å². The van der Waals surface area contributed by atoms with Crippen molar-refractivity contribution in [2.24, 2.45) is 5.92 Å². The average molecular weight is 457 g/mol. The van der Waals surface area contributed by atoms with Gasteiger partial charge in [-0.3, -0.25) is 14.3 Å². The molecular formula is C20H22F3N3O4S. The lowest BCUT2D eigenvalue weighted by Gasteiger charge is -2.12. The van der Waals surface area contributed by atoms with E-state index in [1.807, 2.05) is 13.8 Å². The van der Waals surface area contributed by atoms with Crippen LogP contribution >= 0.6 is 0 Å². The van der Waals surface area contributed by atoms with E-state index in [2.05, 4.69) is 10.0 Å². The Kier molecular flexibility index (Phi) is 7.66. The van der Waals surface area contributed by atoms with Gasteiger partial charge in [0.2, 0.25) is 5.91 Å². The summed E-state index contributed by atoms with van der Waals surface area (Å²) >= 11 is 0. The second-order valence-corrected chi connectivity index (χ2v) is 8.84. The third-order valence-corrected chi connectivity index (χ3v) is 5.25. The van der Waals surface area contributed by atoms with Crippen LogP contribution in [0.15, 0.2) is 53.4 Å². The lowest BCUT2D eigenvalue weighted by Crippen LogP contribution is -2.33. The van der Waals surface area contributed by atoms with Gasteiger partial charge in [-0.1, -0.05) is 19.9 Å². The summed E-state index contributed by atoms with van der Waals surface area (Å²) in [5.74, 6) is -1.02. The van der Waals surface area contributed by atoms with E-state index in [9.17, 15) is 31.2 Å². The minimum atomic E-state index is -4.58. The van der Waals surface area contributed by atoms with Gasteiger partial charge in [-0.25, -0.2) is 8.42 Å². The summed E-state index contributed by atoms with van der Waals surface area (Å²) in [5.41, 5.74) is 0.473. The summed E-state index contributed by atoms with van der Waals surface area (Å²) in [6.45, 7) is 2.29. The topological polar surface area (TPSA) is 104 Å². The Hall–Kier alpha value is -3.08. The molecule has 0 spiro atoms. The molecule has 2 rings (SSSR count). The van der Waals surface area contributed by atoms with E-state index in [-0.39, 0.29) is 28.0 Å². The van der Waals surface area contributed by atoms with Gasteiger partial charge in [-0.2, -0.15) is 13.2 Å². The maximum Gasteiger partial charge on any atom is 0.405 e. The standard InChI is InChI=1S/C20H22F3N3O4S/c1-13(2)10-18(27)25-15-6-8-16(9-7-15)26-31(29,30)17-5-3-4-14(11-17)19(28)24-12-20(21,22)23/h3-9,11,13,26H,10,12H2,1-2H3,(H,24,28)(H,25,27). The monoisotopic (exact) mass is 457 g/mol. The molecule has 11 heteroatoms. The summed E-state index contributed by atoms with van der Waals surface area (Å²) in [6, 6.07) is 10.6. The van der Waals surface area contributed by atoms with Gasteiger partial charge < -0.3 is 10.6 Å². The molecule has 0 saturated heterocycles. The molecule has 0 saturated carbocycles. The van der Waals surface area contributed by atoms with Crippen molar-refractivity contribution in [1.82, 2.24) is 5.32 Å². The van der Waals surface area contributed by atoms with Crippen LogP contribution in [0.3, 0.4) is 0 Å². The van der Waals surface area contributed by atoms with Crippen molar-refractivity contribution in [2.45, 2.75) is 31.3 Å². The summed E-state index contributed by atoms with van der Waals surface area (Å²) in [5, 5.41) is 4.38. The molecule has 0 aromatic heterocycles. The second-order valence-electron chi connectivity index (χ2n) is 7.15. The predicted octanol–water partition coefficient (Wildman–Crippen LogP) is 3.76. The van der Waals surface area contributed by atoms with Crippen LogP contribution in [0.25, 0.3) is 0 Å². The largest absolute Gasteiger partial charge is 0.405 e. The first kappa shape index (κ1) is 24.2. The zero-order valence-corrected chi connectivity index (χ0v) is 17.6. The molecule has 7 nitrogen and oxygen atoms in total. The Morgan fingerprint density at radius 1 is 1.00 bits per heavy atom. The van der Waals surface area contributed by atoms with Crippen molar-refractivity contribution in [2.75, 3.05) is 16.6 Å². The predicted molar refractivity (Wildman–Crippen MR) is 110 cm³/mol. The minimum Gasteiger partial charge on any atom is -0.343 e. The van der Waals surface area contributed by atoms with E-state index in [0.29, 0.717) is 12.1 Å². The molecule has 168 valence electrons. The summed E-state index contributed by atoms with van der Waals surface area (Å²) in [6.07, 6.45) is -4.23. The highest BCUT2D eigenvalue weighted by Crippen LogP contribution is 2.20. The maximum absolute atomic E-state index is 12.6. The molecule has 2 aromatic carbocycles. The summed E-state index contributed by atoms with van der Waals surface area (Å²) < 4.78 is 64.2. The van der Waals surface area contributed by atoms with Gasteiger partial charge in [-0.15, -0.1) is 0 Å². The zero-order valence-electron chi connectivity index (χ0n) is 16.8. The van der Waals surface area contributed by atoms with Crippen LogP contribution in [0.4, 0.5) is 24.5 Å². The fraction of sp³-hybridized carbons (Fsp3) is 0.300. The van der Waals surface area contributed by atoms with Gasteiger partial charge in [0.15, 0.2) is 0 Å². The summed E-state index contributed by atoms with van der Waals surface area (Å²) in [7, 11) is -4.10. The number of sulfonamides is 1. The Morgan fingerprint density at radius 3 is 2.19 bits per heavy atom. The van der Waals surface area contributed by atoms with Crippen molar-refractivity contribution >= 4 is 33.2 Å². The number of carbonyl (C=O) groups is 2. The van der Waals surface area contributed by atoms with Gasteiger partial charge in [0.1, 0.15) is 6.54 Å². The SMILES string of the molecule is CC(C)CC(=O)Nc1ccc(NS(=O)(=O)c2cccc(C(=O)NCC(F)(F)F)c2)cc1. The van der Waals surface area contributed by atoms with Gasteiger partial charge in [0.05, 0.1) is 4.90 Å². The number of alkyl halides is 3. The van der Waals surface area contributed by atoms with Crippen molar-refractivity contribution < 1.29 is 31.2 Å². The number of halogens is 3. The first-order chi connectivity index (χ1) is 14.4. The van der Waals surface area contributed by atoms with Gasteiger partial charge in [0.25, 0.3) is 15.9 Å². The Morgan fingerprint density at radius 2 is 1.61 bits per heavy atom. The number of anilines is 2. The molecule has 0 bridgehead atoms.